The molecule has 1 saturated carbocycles. The third-order valence-corrected chi connectivity index (χ3v) is 8.92. The van der Waals surface area contributed by atoms with Gasteiger partial charge in [-0.1, -0.05) is 49.6 Å². The van der Waals surface area contributed by atoms with Crippen molar-refractivity contribution in [3.63, 3.8) is 0 Å². The number of amides is 3. The predicted molar refractivity (Wildman–Crippen MR) is 144 cm³/mol. The standard InChI is InChI=1S/C31H34FN3O4/c1-18-8-13-23(16-19(18)2)34-28(36)25-24-14-15-31(39-24)26(25)30(38)35(17-20-9-11-21(32)12-10-20)27(31)29(37)33-22-6-4-3-5-7-22/h8-16,22,24-27H,3-7,17H2,1-2H3,(H,33,37)(H,34,36)/t24-,25-,26-,27+,31-/m1/s1. The second-order valence-corrected chi connectivity index (χ2v) is 11.4. The maximum Gasteiger partial charge on any atom is 0.246 e. The molecule has 5 atom stereocenters. The second-order valence-electron chi connectivity index (χ2n) is 11.4. The highest BCUT2D eigenvalue weighted by atomic mass is 19.1. The number of nitrogens with zero attached hydrogens (tertiary/aromatic N) is 1. The second kappa shape index (κ2) is 9.90. The number of nitrogens with one attached hydrogen (secondary N) is 2. The zero-order valence-electron chi connectivity index (χ0n) is 22.3. The molecule has 2 saturated heterocycles. The number of likely N-dealkylation sites (tertiary alicyclic amines) is 1. The molecule has 6 rings (SSSR count). The molecule has 7 nitrogen and oxygen atoms in total. The van der Waals surface area contributed by atoms with Crippen molar-refractivity contribution in [2.45, 2.75) is 76.3 Å². The van der Waals surface area contributed by atoms with E-state index in [0.717, 1.165) is 43.2 Å². The van der Waals surface area contributed by atoms with E-state index >= 15 is 0 Å². The van der Waals surface area contributed by atoms with Gasteiger partial charge in [-0.15, -0.1) is 0 Å². The van der Waals surface area contributed by atoms with Gasteiger partial charge >= 0.3 is 0 Å². The van der Waals surface area contributed by atoms with Crippen LogP contribution < -0.4 is 10.6 Å². The largest absolute Gasteiger partial charge is 0.359 e. The van der Waals surface area contributed by atoms with Gasteiger partial charge in [0.15, 0.2) is 0 Å². The van der Waals surface area contributed by atoms with Crippen LogP contribution in [0.3, 0.4) is 0 Å². The van der Waals surface area contributed by atoms with E-state index in [1.807, 2.05) is 44.2 Å². The van der Waals surface area contributed by atoms with E-state index in [1.54, 1.807) is 12.1 Å². The topological polar surface area (TPSA) is 87.7 Å². The fourth-order valence-electron chi connectivity index (χ4n) is 6.80. The molecule has 8 heteroatoms. The number of carbonyl (C=O) groups is 3. The lowest BCUT2D eigenvalue weighted by Gasteiger charge is -2.34. The lowest BCUT2D eigenvalue weighted by molar-refractivity contribution is -0.142. The Hall–Kier alpha value is -3.52. The summed E-state index contributed by atoms with van der Waals surface area (Å²) in [4.78, 5) is 43.2. The van der Waals surface area contributed by atoms with Gasteiger partial charge in [-0.05, 0) is 67.6 Å². The van der Waals surface area contributed by atoms with E-state index in [1.165, 1.54) is 17.0 Å². The molecular formula is C31H34FN3O4. The van der Waals surface area contributed by atoms with Gasteiger partial charge in [0.25, 0.3) is 0 Å². The third kappa shape index (κ3) is 4.44. The molecule has 3 aliphatic heterocycles. The maximum atomic E-state index is 14.1. The molecule has 3 amide bonds. The zero-order valence-corrected chi connectivity index (χ0v) is 22.3. The molecule has 4 aliphatic rings. The van der Waals surface area contributed by atoms with Gasteiger partial charge in [-0.3, -0.25) is 14.4 Å². The van der Waals surface area contributed by atoms with Gasteiger partial charge in [0.05, 0.1) is 17.9 Å². The van der Waals surface area contributed by atoms with Gasteiger partial charge in [-0.2, -0.15) is 0 Å². The first-order chi connectivity index (χ1) is 18.8. The minimum absolute atomic E-state index is 0.0518. The Morgan fingerprint density at radius 2 is 1.77 bits per heavy atom. The number of benzene rings is 2. The highest BCUT2D eigenvalue weighted by Gasteiger charge is 2.72. The van der Waals surface area contributed by atoms with Crippen LogP contribution in [-0.4, -0.2) is 46.4 Å². The Morgan fingerprint density at radius 1 is 1.03 bits per heavy atom. The van der Waals surface area contributed by atoms with Crippen LogP contribution in [0.2, 0.25) is 0 Å². The van der Waals surface area contributed by atoms with Gasteiger partial charge in [-0.25, -0.2) is 4.39 Å². The molecule has 2 aromatic carbocycles. The van der Waals surface area contributed by atoms with Crippen LogP contribution in [0.5, 0.6) is 0 Å². The number of carbonyl (C=O) groups excluding carboxylic acids is 3. The minimum atomic E-state index is -1.23. The summed E-state index contributed by atoms with van der Waals surface area (Å²) < 4.78 is 20.0. The first kappa shape index (κ1) is 25.7. The van der Waals surface area contributed by atoms with Crippen molar-refractivity contribution in [2.75, 3.05) is 5.32 Å². The van der Waals surface area contributed by atoms with Crippen molar-refractivity contribution in [1.82, 2.24) is 10.2 Å². The normalized spacial score (nSPS) is 29.5. The smallest absolute Gasteiger partial charge is 0.246 e. The first-order valence-corrected chi connectivity index (χ1v) is 13.9. The predicted octanol–water partition coefficient (Wildman–Crippen LogP) is 4.18. The summed E-state index contributed by atoms with van der Waals surface area (Å²) >= 11 is 0. The monoisotopic (exact) mass is 531 g/mol. The molecule has 1 spiro atoms. The number of hydrogen-bond acceptors (Lipinski definition) is 4. The van der Waals surface area contributed by atoms with Crippen LogP contribution in [-0.2, 0) is 25.7 Å². The van der Waals surface area contributed by atoms with Crippen LogP contribution in [0, 0.1) is 31.5 Å². The molecule has 2 aromatic rings. The van der Waals surface area contributed by atoms with Crippen molar-refractivity contribution < 1.29 is 23.5 Å². The molecule has 3 heterocycles. The number of anilines is 1. The first-order valence-electron chi connectivity index (χ1n) is 13.9. The number of ether oxygens (including phenoxy) is 1. The summed E-state index contributed by atoms with van der Waals surface area (Å²) in [5.41, 5.74) is 2.30. The molecular weight excluding hydrogens is 497 g/mol. The molecule has 0 unspecified atom stereocenters. The van der Waals surface area contributed by atoms with E-state index < -0.39 is 29.6 Å². The Labute approximate surface area is 227 Å². The highest BCUT2D eigenvalue weighted by molar-refractivity contribution is 6.02. The lowest BCUT2D eigenvalue weighted by Crippen LogP contribution is -2.56. The van der Waals surface area contributed by atoms with E-state index in [0.29, 0.717) is 11.3 Å². The quantitative estimate of drug-likeness (QED) is 0.548. The van der Waals surface area contributed by atoms with Crippen molar-refractivity contribution in [3.05, 3.63) is 77.1 Å². The number of fused-ring (bicyclic) bond motifs is 1. The lowest BCUT2D eigenvalue weighted by atomic mass is 9.74. The van der Waals surface area contributed by atoms with E-state index in [9.17, 15) is 18.8 Å². The molecule has 0 aromatic heterocycles. The van der Waals surface area contributed by atoms with Crippen molar-refractivity contribution in [1.29, 1.82) is 0 Å². The number of rotatable bonds is 6. The van der Waals surface area contributed by atoms with Crippen molar-refractivity contribution in [3.8, 4) is 0 Å². The summed E-state index contributed by atoms with van der Waals surface area (Å²) in [6, 6.07) is 10.7. The van der Waals surface area contributed by atoms with E-state index in [2.05, 4.69) is 10.6 Å². The number of aryl methyl sites for hydroxylation is 2. The number of hydrogen-bond donors (Lipinski definition) is 2. The summed E-state index contributed by atoms with van der Waals surface area (Å²) in [5, 5.41) is 6.17. The van der Waals surface area contributed by atoms with Crippen molar-refractivity contribution in [2.24, 2.45) is 11.8 Å². The molecule has 2 bridgehead atoms. The van der Waals surface area contributed by atoms with Gasteiger partial charge in [0.1, 0.15) is 17.5 Å². The van der Waals surface area contributed by atoms with Crippen LogP contribution in [0.25, 0.3) is 0 Å². The molecule has 204 valence electrons. The summed E-state index contributed by atoms with van der Waals surface area (Å²) in [6.45, 7) is 4.10. The summed E-state index contributed by atoms with van der Waals surface area (Å²) in [7, 11) is 0. The van der Waals surface area contributed by atoms with E-state index in [4.69, 9.17) is 4.74 Å². The van der Waals surface area contributed by atoms with Gasteiger partial charge < -0.3 is 20.3 Å². The Balaban J connectivity index is 1.32. The van der Waals surface area contributed by atoms with Crippen LogP contribution in [0.15, 0.2) is 54.6 Å². The molecule has 0 radical (unpaired) electrons. The Morgan fingerprint density at radius 3 is 2.49 bits per heavy atom. The van der Waals surface area contributed by atoms with Crippen molar-refractivity contribution >= 4 is 23.4 Å². The zero-order chi connectivity index (χ0) is 27.3. The minimum Gasteiger partial charge on any atom is -0.359 e. The third-order valence-electron chi connectivity index (χ3n) is 8.92. The van der Waals surface area contributed by atoms with Crippen LogP contribution in [0.1, 0.15) is 48.8 Å². The van der Waals surface area contributed by atoms with Crippen LogP contribution >= 0.6 is 0 Å². The fourth-order valence-corrected chi connectivity index (χ4v) is 6.80. The maximum absolute atomic E-state index is 14.1. The van der Waals surface area contributed by atoms with Crippen LogP contribution in [0.4, 0.5) is 10.1 Å². The molecule has 2 N–H and O–H groups in total. The SMILES string of the molecule is Cc1ccc(NC(=O)[C@@H]2[C@H]3C=C[C@]4(O3)[C@H](C(=O)NC3CCCCC3)N(Cc3ccc(F)cc3)C(=O)[C@@H]24)cc1C. The highest BCUT2D eigenvalue weighted by Crippen LogP contribution is 2.55. The fraction of sp³-hybridized carbons (Fsp3) is 0.452. The number of halogens is 1. The van der Waals surface area contributed by atoms with E-state index in [-0.39, 0.29) is 36.1 Å². The average molecular weight is 532 g/mol. The summed E-state index contributed by atoms with van der Waals surface area (Å²) in [6.07, 6.45) is 8.11. The molecule has 1 aliphatic carbocycles. The average Bonchev–Trinajstić information content (AvgIpc) is 3.56. The molecule has 3 fully saturated rings. The summed E-state index contributed by atoms with van der Waals surface area (Å²) in [5.74, 6) is -2.84. The van der Waals surface area contributed by atoms with Gasteiger partial charge in [0, 0.05) is 18.3 Å². The van der Waals surface area contributed by atoms with Gasteiger partial charge in [0.2, 0.25) is 17.7 Å². The molecule has 39 heavy (non-hydrogen) atoms. The Bertz CT molecular complexity index is 1340. The Kier molecular flexibility index (Phi) is 6.53.